The van der Waals surface area contributed by atoms with Gasteiger partial charge in [0.15, 0.2) is 0 Å². The Labute approximate surface area is 90.3 Å². The molecule has 0 aliphatic carbocycles. The Kier molecular flexibility index (Phi) is 2.20. The van der Waals surface area contributed by atoms with E-state index in [2.05, 4.69) is 0 Å². The molecule has 16 heavy (non-hydrogen) atoms. The number of halogens is 1. The van der Waals surface area contributed by atoms with Gasteiger partial charge in [0.2, 0.25) is 5.76 Å². The zero-order valence-electron chi connectivity index (χ0n) is 7.77. The first-order chi connectivity index (χ1) is 7.42. The molecule has 1 amide bonds. The molecule has 0 spiro atoms. The van der Waals surface area contributed by atoms with Gasteiger partial charge < -0.3 is 5.11 Å². The second-order valence-corrected chi connectivity index (χ2v) is 4.74. The maximum absolute atomic E-state index is 12.9. The molecule has 0 saturated heterocycles. The molecule has 7 heteroatoms. The summed E-state index contributed by atoms with van der Waals surface area (Å²) in [4.78, 5) is 10.4. The Bertz CT molecular complexity index is 606. The van der Waals surface area contributed by atoms with Crippen molar-refractivity contribution in [1.29, 1.82) is 0 Å². The van der Waals surface area contributed by atoms with Gasteiger partial charge in [0.05, 0.1) is 0 Å². The fraction of sp³-hybridized carbons (Fsp3) is 0. The van der Waals surface area contributed by atoms with E-state index in [-0.39, 0.29) is 5.56 Å². The summed E-state index contributed by atoms with van der Waals surface area (Å²) in [5, 5.41) is 9.30. The molecule has 2 N–H and O–H groups in total. The largest absolute Gasteiger partial charge is 0.502 e. The van der Waals surface area contributed by atoms with Crippen LogP contribution < -0.4 is 4.72 Å². The van der Waals surface area contributed by atoms with E-state index in [1.165, 1.54) is 12.1 Å². The highest BCUT2D eigenvalue weighted by atomic mass is 32.2. The van der Waals surface area contributed by atoms with Crippen molar-refractivity contribution in [1.82, 2.24) is 4.72 Å². The molecule has 1 aromatic rings. The van der Waals surface area contributed by atoms with Crippen molar-refractivity contribution in [3.05, 3.63) is 41.4 Å². The number of benzene rings is 1. The van der Waals surface area contributed by atoms with Crippen molar-refractivity contribution in [2.45, 2.75) is 0 Å². The number of aliphatic hydroxyl groups excluding tert-OH is 1. The summed E-state index contributed by atoms with van der Waals surface area (Å²) in [6.07, 6.45) is 0. The van der Waals surface area contributed by atoms with Crippen LogP contribution in [0.4, 0.5) is 4.39 Å². The van der Waals surface area contributed by atoms with E-state index in [1.807, 2.05) is 0 Å². The Balaban J connectivity index is 2.68. The molecule has 0 bridgehead atoms. The van der Waals surface area contributed by atoms with Gasteiger partial charge in [-0.05, 0) is 12.1 Å². The lowest BCUT2D eigenvalue weighted by molar-refractivity contribution is -0.117. The number of carbonyl (C=O) groups is 1. The number of amides is 1. The number of hydrogen-bond acceptors (Lipinski definition) is 4. The number of carbonyl (C=O) groups excluding carboxylic acids is 1. The molecule has 1 heterocycles. The summed E-state index contributed by atoms with van der Waals surface area (Å²) >= 11 is 0. The van der Waals surface area contributed by atoms with Crippen LogP contribution in [0.3, 0.4) is 0 Å². The van der Waals surface area contributed by atoms with Gasteiger partial charge in [-0.1, -0.05) is 12.1 Å². The Hall–Kier alpha value is -1.89. The lowest BCUT2D eigenvalue weighted by Crippen LogP contribution is -2.23. The molecule has 1 aliphatic heterocycles. The van der Waals surface area contributed by atoms with Crippen molar-refractivity contribution in [3.63, 3.8) is 0 Å². The van der Waals surface area contributed by atoms with Gasteiger partial charge in [0, 0.05) is 5.56 Å². The molecule has 2 rings (SSSR count). The Morgan fingerprint density at radius 3 is 2.50 bits per heavy atom. The molecule has 5 nitrogen and oxygen atoms in total. The number of aliphatic hydroxyl groups is 1. The van der Waals surface area contributed by atoms with Gasteiger partial charge >= 0.3 is 5.91 Å². The first kappa shape index (κ1) is 10.6. The normalized spacial score (nSPS) is 18.7. The van der Waals surface area contributed by atoms with Crippen LogP contribution >= 0.6 is 0 Å². The van der Waals surface area contributed by atoms with Crippen molar-refractivity contribution in [2.24, 2.45) is 0 Å². The lowest BCUT2D eigenvalue weighted by atomic mass is 10.2. The van der Waals surface area contributed by atoms with E-state index >= 15 is 0 Å². The van der Waals surface area contributed by atoms with Gasteiger partial charge in [-0.2, -0.15) is 0 Å². The third kappa shape index (κ3) is 1.54. The monoisotopic (exact) mass is 243 g/mol. The van der Waals surface area contributed by atoms with Crippen molar-refractivity contribution < 1.29 is 22.7 Å². The van der Waals surface area contributed by atoms with Crippen LogP contribution in [0.25, 0.3) is 4.91 Å². The first-order valence-electron chi connectivity index (χ1n) is 4.18. The van der Waals surface area contributed by atoms with E-state index in [4.69, 9.17) is 0 Å². The third-order valence-corrected chi connectivity index (χ3v) is 3.43. The van der Waals surface area contributed by atoms with Crippen molar-refractivity contribution >= 4 is 20.8 Å². The molecule has 0 fully saturated rings. The average Bonchev–Trinajstić information content (AvgIpc) is 2.35. The molecular formula is C9H6FNO4S. The van der Waals surface area contributed by atoms with Crippen LogP contribution in [0.5, 0.6) is 0 Å². The van der Waals surface area contributed by atoms with E-state index < -0.39 is 32.4 Å². The first-order valence-corrected chi connectivity index (χ1v) is 5.66. The highest BCUT2D eigenvalue weighted by Gasteiger charge is 2.36. The second-order valence-electron chi connectivity index (χ2n) is 3.12. The number of rotatable bonds is 1. The molecule has 84 valence electrons. The standard InChI is InChI=1S/C9H6FNO4S/c10-6-3-1-2-5(4-6)8-7(12)9(13)11-16(8,14)15/h1-4,12H,(H,11,13). The van der Waals surface area contributed by atoms with Crippen LogP contribution in [0, 0.1) is 5.82 Å². The Morgan fingerprint density at radius 1 is 1.31 bits per heavy atom. The minimum absolute atomic E-state index is 0.0733. The third-order valence-electron chi connectivity index (χ3n) is 2.01. The predicted octanol–water partition coefficient (Wildman–Crippen LogP) is 0.512. The predicted molar refractivity (Wildman–Crippen MR) is 53.0 cm³/mol. The Morgan fingerprint density at radius 2 is 2.00 bits per heavy atom. The minimum Gasteiger partial charge on any atom is -0.502 e. The fourth-order valence-electron chi connectivity index (χ4n) is 1.37. The fourth-order valence-corrected chi connectivity index (χ4v) is 2.60. The molecule has 1 aromatic carbocycles. The zero-order valence-corrected chi connectivity index (χ0v) is 8.58. The van der Waals surface area contributed by atoms with E-state index in [1.54, 1.807) is 4.72 Å². The average molecular weight is 243 g/mol. The smallest absolute Gasteiger partial charge is 0.301 e. The van der Waals surface area contributed by atoms with Gasteiger partial charge in [-0.15, -0.1) is 0 Å². The summed E-state index contributed by atoms with van der Waals surface area (Å²) in [7, 11) is -4.09. The highest BCUT2D eigenvalue weighted by Crippen LogP contribution is 2.28. The topological polar surface area (TPSA) is 83.5 Å². The second kappa shape index (κ2) is 3.31. The van der Waals surface area contributed by atoms with Crippen LogP contribution in [0.1, 0.15) is 5.56 Å². The van der Waals surface area contributed by atoms with Crippen molar-refractivity contribution in [3.8, 4) is 0 Å². The number of nitrogens with one attached hydrogen (secondary N) is 1. The molecule has 0 unspecified atom stereocenters. The SMILES string of the molecule is O=C1NS(=O)(=O)C(c2cccc(F)c2)=C1O. The van der Waals surface area contributed by atoms with E-state index in [9.17, 15) is 22.7 Å². The van der Waals surface area contributed by atoms with Gasteiger partial charge in [0.25, 0.3) is 10.0 Å². The van der Waals surface area contributed by atoms with Crippen LogP contribution in [-0.2, 0) is 14.8 Å². The van der Waals surface area contributed by atoms with Crippen LogP contribution in [0.15, 0.2) is 30.0 Å². The number of sulfonamides is 1. The maximum Gasteiger partial charge on any atom is 0.301 e. The molecule has 0 radical (unpaired) electrons. The highest BCUT2D eigenvalue weighted by molar-refractivity contribution is 8.00. The number of hydrogen-bond donors (Lipinski definition) is 2. The molecule has 0 aromatic heterocycles. The lowest BCUT2D eigenvalue weighted by Gasteiger charge is -2.01. The summed E-state index contributed by atoms with van der Waals surface area (Å²) in [5.41, 5.74) is -0.0733. The van der Waals surface area contributed by atoms with Gasteiger partial charge in [0.1, 0.15) is 10.7 Å². The van der Waals surface area contributed by atoms with Crippen molar-refractivity contribution in [2.75, 3.05) is 0 Å². The molecular weight excluding hydrogens is 237 g/mol. The molecule has 1 aliphatic rings. The minimum atomic E-state index is -4.09. The van der Waals surface area contributed by atoms with Crippen LogP contribution in [-0.4, -0.2) is 19.4 Å². The summed E-state index contributed by atoms with van der Waals surface area (Å²) in [6.45, 7) is 0. The molecule has 0 atom stereocenters. The summed E-state index contributed by atoms with van der Waals surface area (Å²) < 4.78 is 37.3. The van der Waals surface area contributed by atoms with Gasteiger partial charge in [-0.3, -0.25) is 4.79 Å². The summed E-state index contributed by atoms with van der Waals surface area (Å²) in [6, 6.07) is 4.61. The molecule has 0 saturated carbocycles. The zero-order chi connectivity index (χ0) is 11.9. The van der Waals surface area contributed by atoms with Crippen LogP contribution in [0.2, 0.25) is 0 Å². The summed E-state index contributed by atoms with van der Waals surface area (Å²) in [5.74, 6) is -2.70. The quantitative estimate of drug-likeness (QED) is 0.752. The van der Waals surface area contributed by atoms with E-state index in [0.29, 0.717) is 0 Å². The van der Waals surface area contributed by atoms with Gasteiger partial charge in [-0.25, -0.2) is 17.5 Å². The van der Waals surface area contributed by atoms with E-state index in [0.717, 1.165) is 12.1 Å². The maximum atomic E-state index is 12.9.